The number of carbonyl (C=O) groups is 1. The summed E-state index contributed by atoms with van der Waals surface area (Å²) in [5, 5.41) is 8.41. The lowest BCUT2D eigenvalue weighted by molar-refractivity contribution is 0.0993. The van der Waals surface area contributed by atoms with Crippen molar-refractivity contribution in [2.75, 3.05) is 13.1 Å². The standard InChI is InChI=1S/C22H22ClN3O4S2/c1-15(20(27)16-8-10-18(23)11-9-16)31-22-25-24-21(30-22)17-6-5-7-19(14-17)32(28,29)26-12-3-2-4-13-26/h5-11,14-15H,2-4,12-13H2,1H3/t15-/m1/s1. The summed E-state index contributed by atoms with van der Waals surface area (Å²) in [6.07, 6.45) is 2.79. The monoisotopic (exact) mass is 491 g/mol. The van der Waals surface area contributed by atoms with Crippen molar-refractivity contribution in [1.82, 2.24) is 14.5 Å². The van der Waals surface area contributed by atoms with Crippen LogP contribution in [0.25, 0.3) is 11.5 Å². The number of aromatic nitrogens is 2. The van der Waals surface area contributed by atoms with Crippen LogP contribution in [0.1, 0.15) is 36.5 Å². The van der Waals surface area contributed by atoms with Gasteiger partial charge in [0.05, 0.1) is 10.1 Å². The summed E-state index contributed by atoms with van der Waals surface area (Å²) in [5.74, 6) is 0.121. The number of sulfonamides is 1. The van der Waals surface area contributed by atoms with Crippen LogP contribution in [0, 0.1) is 0 Å². The fraction of sp³-hybridized carbons (Fsp3) is 0.318. The molecule has 1 atom stereocenters. The van der Waals surface area contributed by atoms with Crippen LogP contribution in [0.3, 0.4) is 0 Å². The fourth-order valence-corrected chi connectivity index (χ4v) is 5.92. The Morgan fingerprint density at radius 2 is 1.81 bits per heavy atom. The number of thioether (sulfide) groups is 1. The van der Waals surface area contributed by atoms with Gasteiger partial charge in [-0.25, -0.2) is 8.42 Å². The summed E-state index contributed by atoms with van der Waals surface area (Å²) in [5.41, 5.74) is 1.06. The third-order valence-corrected chi connectivity index (χ3v) is 8.30. The maximum atomic E-state index is 13.0. The average molecular weight is 492 g/mol. The predicted molar refractivity (Wildman–Crippen MR) is 123 cm³/mol. The summed E-state index contributed by atoms with van der Waals surface area (Å²) in [7, 11) is -3.57. The lowest BCUT2D eigenvalue weighted by atomic mass is 10.1. The molecule has 1 aromatic heterocycles. The first-order chi connectivity index (χ1) is 15.3. The van der Waals surface area contributed by atoms with E-state index in [1.165, 1.54) is 4.31 Å². The molecule has 0 aliphatic carbocycles. The second kappa shape index (κ2) is 9.74. The number of piperidine rings is 1. The van der Waals surface area contributed by atoms with Crippen molar-refractivity contribution in [3.05, 3.63) is 59.1 Å². The van der Waals surface area contributed by atoms with E-state index in [0.717, 1.165) is 31.0 Å². The van der Waals surface area contributed by atoms with Crippen molar-refractivity contribution >= 4 is 39.2 Å². The Labute approximate surface area is 196 Å². The van der Waals surface area contributed by atoms with Crippen LogP contribution in [0.2, 0.25) is 5.02 Å². The predicted octanol–water partition coefficient (Wildman–Crippen LogP) is 4.93. The molecular formula is C22H22ClN3O4S2. The number of Topliss-reactive ketones (excluding diaryl/α,β-unsaturated/α-hetero) is 1. The minimum absolute atomic E-state index is 0.0824. The Bertz CT molecular complexity index is 1210. The van der Waals surface area contributed by atoms with E-state index in [9.17, 15) is 13.2 Å². The minimum atomic E-state index is -3.57. The first-order valence-electron chi connectivity index (χ1n) is 10.2. The molecule has 3 aromatic rings. The van der Waals surface area contributed by atoms with Gasteiger partial charge in [-0.05, 0) is 62.2 Å². The van der Waals surface area contributed by atoms with E-state index in [0.29, 0.717) is 29.2 Å². The van der Waals surface area contributed by atoms with Gasteiger partial charge in [-0.2, -0.15) is 4.31 Å². The molecule has 32 heavy (non-hydrogen) atoms. The zero-order valence-corrected chi connectivity index (χ0v) is 19.8. The number of nitrogens with zero attached hydrogens (tertiary/aromatic N) is 3. The zero-order valence-electron chi connectivity index (χ0n) is 17.4. The van der Waals surface area contributed by atoms with Crippen LogP contribution in [0.15, 0.2) is 63.1 Å². The normalized spacial score (nSPS) is 16.1. The van der Waals surface area contributed by atoms with Gasteiger partial charge >= 0.3 is 0 Å². The molecule has 10 heteroatoms. The molecule has 4 rings (SSSR count). The van der Waals surface area contributed by atoms with E-state index >= 15 is 0 Å². The number of hydrogen-bond donors (Lipinski definition) is 0. The Kier molecular flexibility index (Phi) is 6.99. The molecule has 0 unspecified atom stereocenters. The molecule has 1 saturated heterocycles. The van der Waals surface area contributed by atoms with Gasteiger partial charge in [0.25, 0.3) is 5.22 Å². The maximum absolute atomic E-state index is 13.0. The largest absolute Gasteiger partial charge is 0.411 e. The molecule has 7 nitrogen and oxygen atoms in total. The van der Waals surface area contributed by atoms with Gasteiger partial charge in [0.1, 0.15) is 0 Å². The van der Waals surface area contributed by atoms with Crippen LogP contribution in [0.5, 0.6) is 0 Å². The molecule has 0 saturated carbocycles. The van der Waals surface area contributed by atoms with Crippen molar-refractivity contribution < 1.29 is 17.6 Å². The quantitative estimate of drug-likeness (QED) is 0.341. The van der Waals surface area contributed by atoms with Gasteiger partial charge in [-0.3, -0.25) is 4.79 Å². The van der Waals surface area contributed by atoms with E-state index in [1.807, 2.05) is 0 Å². The van der Waals surface area contributed by atoms with Crippen molar-refractivity contribution in [3.63, 3.8) is 0 Å². The molecule has 0 radical (unpaired) electrons. The third kappa shape index (κ3) is 5.06. The molecule has 0 spiro atoms. The molecular weight excluding hydrogens is 470 g/mol. The first-order valence-corrected chi connectivity index (χ1v) is 12.9. The number of ketones is 1. The van der Waals surface area contributed by atoms with Gasteiger partial charge in [-0.1, -0.05) is 35.9 Å². The van der Waals surface area contributed by atoms with Crippen molar-refractivity contribution in [2.24, 2.45) is 0 Å². The fourth-order valence-electron chi connectivity index (χ4n) is 3.47. The second-order valence-electron chi connectivity index (χ2n) is 7.50. The van der Waals surface area contributed by atoms with Crippen LogP contribution in [-0.4, -0.2) is 47.0 Å². The zero-order chi connectivity index (χ0) is 22.7. The maximum Gasteiger partial charge on any atom is 0.277 e. The summed E-state index contributed by atoms with van der Waals surface area (Å²) in [6.45, 7) is 2.83. The second-order valence-corrected chi connectivity index (χ2v) is 11.2. The van der Waals surface area contributed by atoms with Crippen molar-refractivity contribution in [1.29, 1.82) is 0 Å². The van der Waals surface area contributed by atoms with Gasteiger partial charge in [0, 0.05) is 29.2 Å². The highest BCUT2D eigenvalue weighted by atomic mass is 35.5. The number of hydrogen-bond acceptors (Lipinski definition) is 7. The topological polar surface area (TPSA) is 93.4 Å². The summed E-state index contributed by atoms with van der Waals surface area (Å²) in [6, 6.07) is 13.2. The van der Waals surface area contributed by atoms with Gasteiger partial charge in [0.15, 0.2) is 5.78 Å². The highest BCUT2D eigenvalue weighted by molar-refractivity contribution is 8.00. The molecule has 1 fully saturated rings. The number of benzene rings is 2. The van der Waals surface area contributed by atoms with Crippen molar-refractivity contribution in [3.8, 4) is 11.5 Å². The highest BCUT2D eigenvalue weighted by Gasteiger charge is 2.27. The summed E-state index contributed by atoms with van der Waals surface area (Å²) in [4.78, 5) is 12.8. The smallest absolute Gasteiger partial charge is 0.277 e. The molecule has 0 amide bonds. The van der Waals surface area contributed by atoms with Crippen LogP contribution in [-0.2, 0) is 10.0 Å². The Balaban J connectivity index is 1.49. The van der Waals surface area contributed by atoms with Crippen molar-refractivity contribution in [2.45, 2.75) is 41.6 Å². The first kappa shape index (κ1) is 23.0. The Morgan fingerprint density at radius 3 is 2.53 bits per heavy atom. The van der Waals surface area contributed by atoms with Crippen LogP contribution in [0.4, 0.5) is 0 Å². The summed E-state index contributed by atoms with van der Waals surface area (Å²) < 4.78 is 33.2. The van der Waals surface area contributed by atoms with E-state index < -0.39 is 15.3 Å². The highest BCUT2D eigenvalue weighted by Crippen LogP contribution is 2.30. The Hall–Kier alpha value is -2.20. The SMILES string of the molecule is C[C@@H](Sc1nnc(-c2cccc(S(=O)(=O)N3CCCCC3)c2)o1)C(=O)c1ccc(Cl)cc1. The molecule has 0 bridgehead atoms. The van der Waals surface area contributed by atoms with Crippen LogP contribution < -0.4 is 0 Å². The molecule has 168 valence electrons. The molecule has 2 aromatic carbocycles. The number of halogens is 1. The van der Waals surface area contributed by atoms with Crippen LogP contribution >= 0.6 is 23.4 Å². The third-order valence-electron chi connectivity index (χ3n) is 5.22. The molecule has 1 aliphatic heterocycles. The lowest BCUT2D eigenvalue weighted by Crippen LogP contribution is -2.35. The molecule has 1 aliphatic rings. The molecule has 0 N–H and O–H groups in total. The Morgan fingerprint density at radius 1 is 1.09 bits per heavy atom. The minimum Gasteiger partial charge on any atom is -0.411 e. The van der Waals surface area contributed by atoms with E-state index in [2.05, 4.69) is 10.2 Å². The van der Waals surface area contributed by atoms with Gasteiger partial charge in [-0.15, -0.1) is 10.2 Å². The summed E-state index contributed by atoms with van der Waals surface area (Å²) >= 11 is 7.03. The number of rotatable bonds is 7. The van der Waals surface area contributed by atoms with Gasteiger partial charge in [0.2, 0.25) is 15.9 Å². The van der Waals surface area contributed by atoms with E-state index in [-0.39, 0.29) is 21.8 Å². The van der Waals surface area contributed by atoms with E-state index in [1.54, 1.807) is 55.5 Å². The average Bonchev–Trinajstić information content (AvgIpc) is 3.28. The number of carbonyl (C=O) groups excluding carboxylic acids is 1. The lowest BCUT2D eigenvalue weighted by Gasteiger charge is -2.25. The molecule has 2 heterocycles. The van der Waals surface area contributed by atoms with E-state index in [4.69, 9.17) is 16.0 Å². The van der Waals surface area contributed by atoms with Gasteiger partial charge < -0.3 is 4.42 Å².